The van der Waals surface area contributed by atoms with Crippen LogP contribution in [0.4, 0.5) is 0 Å². The van der Waals surface area contributed by atoms with Gasteiger partial charge in [0, 0.05) is 35.7 Å². The molecule has 0 aliphatic rings. The zero-order valence-electron chi connectivity index (χ0n) is 9.70. The minimum atomic E-state index is 0.532. The fourth-order valence-corrected chi connectivity index (χ4v) is 2.09. The Morgan fingerprint density at radius 2 is 2.27 bits per heavy atom. The Hall–Kier alpha value is -0.350. The summed E-state index contributed by atoms with van der Waals surface area (Å²) in [5.41, 5.74) is 1.26. The molecule has 2 atom stereocenters. The predicted octanol–water partition coefficient (Wildman–Crippen LogP) is 2.55. The Balaban J connectivity index is 2.30. The summed E-state index contributed by atoms with van der Waals surface area (Å²) in [6.45, 7) is 8.32. The quantitative estimate of drug-likeness (QED) is 0.808. The van der Waals surface area contributed by atoms with Crippen LogP contribution in [0.2, 0.25) is 0 Å². The summed E-state index contributed by atoms with van der Waals surface area (Å²) in [5.74, 6) is 0. The minimum absolute atomic E-state index is 0.532. The third-order valence-electron chi connectivity index (χ3n) is 2.34. The highest BCUT2D eigenvalue weighted by atomic mass is 79.9. The monoisotopic (exact) mass is 273 g/mol. The van der Waals surface area contributed by atoms with Crippen LogP contribution in [0.25, 0.3) is 0 Å². The first-order valence-electron chi connectivity index (χ1n) is 5.50. The highest BCUT2D eigenvalue weighted by molar-refractivity contribution is 9.09. The summed E-state index contributed by atoms with van der Waals surface area (Å²) >= 11 is 3.56. The van der Waals surface area contributed by atoms with E-state index in [1.54, 1.807) is 0 Å². The Labute approximate surface area is 100 Å². The van der Waals surface area contributed by atoms with Crippen molar-refractivity contribution in [2.24, 2.45) is 0 Å². The third-order valence-corrected chi connectivity index (χ3v) is 2.72. The molecule has 0 amide bonds. The standard InChI is InChI=1S/C11H20BrN3/c1-4-15-8-11(7-14-15)6-13-10(3)5-9(2)12/h7-10,13H,4-6H2,1-3H3. The van der Waals surface area contributed by atoms with Gasteiger partial charge < -0.3 is 5.32 Å². The summed E-state index contributed by atoms with van der Waals surface area (Å²) in [6.07, 6.45) is 5.17. The van der Waals surface area contributed by atoms with Gasteiger partial charge in [0.25, 0.3) is 0 Å². The highest BCUT2D eigenvalue weighted by Crippen LogP contribution is 2.07. The van der Waals surface area contributed by atoms with E-state index in [1.165, 1.54) is 5.56 Å². The molecule has 0 bridgehead atoms. The van der Waals surface area contributed by atoms with Crippen molar-refractivity contribution in [2.45, 2.75) is 51.2 Å². The van der Waals surface area contributed by atoms with Crippen LogP contribution >= 0.6 is 15.9 Å². The molecule has 1 N–H and O–H groups in total. The Morgan fingerprint density at radius 1 is 1.53 bits per heavy atom. The average molecular weight is 274 g/mol. The normalized spacial score (nSPS) is 15.2. The number of rotatable bonds is 6. The molecule has 0 aliphatic carbocycles. The van der Waals surface area contributed by atoms with E-state index in [0.29, 0.717) is 10.9 Å². The van der Waals surface area contributed by atoms with Crippen LogP contribution < -0.4 is 5.32 Å². The van der Waals surface area contributed by atoms with E-state index >= 15 is 0 Å². The molecule has 1 heterocycles. The van der Waals surface area contributed by atoms with E-state index < -0.39 is 0 Å². The first-order valence-corrected chi connectivity index (χ1v) is 6.42. The lowest BCUT2D eigenvalue weighted by Crippen LogP contribution is -2.27. The highest BCUT2D eigenvalue weighted by Gasteiger charge is 2.05. The summed E-state index contributed by atoms with van der Waals surface area (Å²) < 4.78 is 1.95. The molecule has 1 rings (SSSR count). The molecule has 0 saturated carbocycles. The van der Waals surface area contributed by atoms with Crippen molar-refractivity contribution in [3.8, 4) is 0 Å². The lowest BCUT2D eigenvalue weighted by Gasteiger charge is -2.14. The number of halogens is 1. The number of hydrogen-bond donors (Lipinski definition) is 1. The molecule has 4 heteroatoms. The van der Waals surface area contributed by atoms with Gasteiger partial charge in [-0.1, -0.05) is 22.9 Å². The van der Waals surface area contributed by atoms with Crippen LogP contribution in [-0.4, -0.2) is 20.6 Å². The van der Waals surface area contributed by atoms with Gasteiger partial charge in [0.05, 0.1) is 6.20 Å². The maximum Gasteiger partial charge on any atom is 0.0534 e. The van der Waals surface area contributed by atoms with Gasteiger partial charge in [-0.05, 0) is 20.3 Å². The largest absolute Gasteiger partial charge is 0.310 e. The number of hydrogen-bond acceptors (Lipinski definition) is 2. The van der Waals surface area contributed by atoms with Crippen LogP contribution in [0.3, 0.4) is 0 Å². The second-order valence-corrected chi connectivity index (χ2v) is 5.57. The zero-order valence-corrected chi connectivity index (χ0v) is 11.3. The molecule has 0 fully saturated rings. The van der Waals surface area contributed by atoms with Crippen molar-refractivity contribution >= 4 is 15.9 Å². The van der Waals surface area contributed by atoms with Gasteiger partial charge in [-0.2, -0.15) is 5.10 Å². The minimum Gasteiger partial charge on any atom is -0.310 e. The molecule has 0 spiro atoms. The smallest absolute Gasteiger partial charge is 0.0534 e. The molecule has 0 aliphatic heterocycles. The second kappa shape index (κ2) is 6.28. The first kappa shape index (κ1) is 12.7. The molecule has 2 unspecified atom stereocenters. The van der Waals surface area contributed by atoms with Gasteiger partial charge in [0.2, 0.25) is 0 Å². The van der Waals surface area contributed by atoms with Crippen LogP contribution in [0.1, 0.15) is 32.8 Å². The summed E-state index contributed by atoms with van der Waals surface area (Å²) in [4.78, 5) is 0.568. The van der Waals surface area contributed by atoms with Crippen molar-refractivity contribution in [1.29, 1.82) is 0 Å². The summed E-state index contributed by atoms with van der Waals surface area (Å²) in [6, 6.07) is 0.532. The predicted molar refractivity (Wildman–Crippen MR) is 67.2 cm³/mol. The van der Waals surface area contributed by atoms with Gasteiger partial charge in [0.1, 0.15) is 0 Å². The fraction of sp³-hybridized carbons (Fsp3) is 0.727. The first-order chi connectivity index (χ1) is 7.11. The second-order valence-electron chi connectivity index (χ2n) is 4.00. The van der Waals surface area contributed by atoms with Crippen molar-refractivity contribution in [3.05, 3.63) is 18.0 Å². The average Bonchev–Trinajstić information content (AvgIpc) is 2.61. The third kappa shape index (κ3) is 4.80. The van der Waals surface area contributed by atoms with Crippen molar-refractivity contribution < 1.29 is 0 Å². The molecule has 0 radical (unpaired) electrons. The van der Waals surface area contributed by atoms with E-state index in [9.17, 15) is 0 Å². The van der Waals surface area contributed by atoms with Gasteiger partial charge in [-0.25, -0.2) is 0 Å². The Kier molecular flexibility index (Phi) is 5.32. The van der Waals surface area contributed by atoms with E-state index in [-0.39, 0.29) is 0 Å². The summed E-state index contributed by atoms with van der Waals surface area (Å²) in [5, 5.41) is 7.73. The van der Waals surface area contributed by atoms with Crippen LogP contribution in [0, 0.1) is 0 Å². The van der Waals surface area contributed by atoms with Crippen molar-refractivity contribution in [1.82, 2.24) is 15.1 Å². The SMILES string of the molecule is CCn1cc(CNC(C)CC(C)Br)cn1. The van der Waals surface area contributed by atoms with Crippen molar-refractivity contribution in [2.75, 3.05) is 0 Å². The lowest BCUT2D eigenvalue weighted by atomic mass is 10.2. The maximum atomic E-state index is 4.24. The Bertz CT molecular complexity index is 283. The van der Waals surface area contributed by atoms with Gasteiger partial charge in [0.15, 0.2) is 0 Å². The summed E-state index contributed by atoms with van der Waals surface area (Å²) in [7, 11) is 0. The van der Waals surface area contributed by atoms with E-state index in [4.69, 9.17) is 0 Å². The van der Waals surface area contributed by atoms with Crippen LogP contribution in [0.15, 0.2) is 12.4 Å². The molecule has 1 aromatic heterocycles. The topological polar surface area (TPSA) is 29.9 Å². The molecule has 0 saturated heterocycles. The van der Waals surface area contributed by atoms with E-state index in [2.05, 4.69) is 53.3 Å². The number of nitrogens with zero attached hydrogens (tertiary/aromatic N) is 2. The van der Waals surface area contributed by atoms with Crippen LogP contribution in [-0.2, 0) is 13.1 Å². The fourth-order valence-electron chi connectivity index (χ4n) is 1.53. The molecular weight excluding hydrogens is 254 g/mol. The molecule has 86 valence electrons. The zero-order chi connectivity index (χ0) is 11.3. The molecule has 0 aromatic carbocycles. The van der Waals surface area contributed by atoms with E-state index in [1.807, 2.05) is 10.9 Å². The van der Waals surface area contributed by atoms with Crippen LogP contribution in [0.5, 0.6) is 0 Å². The number of aromatic nitrogens is 2. The molecular formula is C11H20BrN3. The van der Waals surface area contributed by atoms with Gasteiger partial charge >= 0.3 is 0 Å². The molecule has 1 aromatic rings. The van der Waals surface area contributed by atoms with Gasteiger partial charge in [-0.15, -0.1) is 0 Å². The number of alkyl halides is 1. The van der Waals surface area contributed by atoms with Gasteiger partial charge in [-0.3, -0.25) is 4.68 Å². The molecule has 3 nitrogen and oxygen atoms in total. The molecule has 15 heavy (non-hydrogen) atoms. The lowest BCUT2D eigenvalue weighted by molar-refractivity contribution is 0.515. The maximum absolute atomic E-state index is 4.24. The Morgan fingerprint density at radius 3 is 2.80 bits per heavy atom. The number of nitrogens with one attached hydrogen (secondary N) is 1. The van der Waals surface area contributed by atoms with E-state index in [0.717, 1.165) is 19.5 Å². The number of aryl methyl sites for hydroxylation is 1. The van der Waals surface area contributed by atoms with Crippen molar-refractivity contribution in [3.63, 3.8) is 0 Å².